The van der Waals surface area contributed by atoms with Gasteiger partial charge in [-0.05, 0) is 43.3 Å². The van der Waals surface area contributed by atoms with Crippen molar-refractivity contribution < 1.29 is 22.4 Å². The molecule has 3 aromatic carbocycles. The molecule has 9 heteroatoms. The van der Waals surface area contributed by atoms with Gasteiger partial charge in [0, 0.05) is 23.2 Å². The van der Waals surface area contributed by atoms with Crippen LogP contribution in [0.2, 0.25) is 0 Å². The standard InChI is InChI=1S/C24H23N3O5S/c1-16-7-9-17(10-8-16)23-26-24(32-27-23)18-5-4-6-21(14-18)33(28,29)25-15-19-13-20(30-2)11-12-22(19)31-3/h4-14,25H,15H2,1-3H3. The lowest BCUT2D eigenvalue weighted by atomic mass is 10.1. The summed E-state index contributed by atoms with van der Waals surface area (Å²) in [5.74, 6) is 1.83. The van der Waals surface area contributed by atoms with Gasteiger partial charge in [0.05, 0.1) is 19.1 Å². The largest absolute Gasteiger partial charge is 0.497 e. The van der Waals surface area contributed by atoms with E-state index in [-0.39, 0.29) is 17.3 Å². The first-order valence-electron chi connectivity index (χ1n) is 10.1. The smallest absolute Gasteiger partial charge is 0.258 e. The minimum absolute atomic E-state index is 0.0328. The number of nitrogens with zero attached hydrogens (tertiary/aromatic N) is 2. The van der Waals surface area contributed by atoms with Gasteiger partial charge in [-0.3, -0.25) is 0 Å². The second-order valence-electron chi connectivity index (χ2n) is 7.32. The van der Waals surface area contributed by atoms with Crippen LogP contribution in [0.5, 0.6) is 11.5 Å². The Bertz CT molecular complexity index is 1370. The van der Waals surface area contributed by atoms with Gasteiger partial charge < -0.3 is 14.0 Å². The summed E-state index contributed by atoms with van der Waals surface area (Å²) in [6.45, 7) is 2.03. The Labute approximate surface area is 192 Å². The van der Waals surface area contributed by atoms with Crippen molar-refractivity contribution in [3.8, 4) is 34.3 Å². The first-order valence-corrected chi connectivity index (χ1v) is 11.6. The minimum Gasteiger partial charge on any atom is -0.497 e. The Morgan fingerprint density at radius 3 is 2.45 bits per heavy atom. The molecule has 4 aromatic rings. The number of rotatable bonds is 8. The van der Waals surface area contributed by atoms with E-state index in [1.807, 2.05) is 31.2 Å². The second-order valence-corrected chi connectivity index (χ2v) is 9.09. The van der Waals surface area contributed by atoms with Crippen LogP contribution >= 0.6 is 0 Å². The monoisotopic (exact) mass is 465 g/mol. The zero-order chi connectivity index (χ0) is 23.4. The van der Waals surface area contributed by atoms with Gasteiger partial charge in [0.2, 0.25) is 15.8 Å². The summed E-state index contributed by atoms with van der Waals surface area (Å²) in [6.07, 6.45) is 0. The average Bonchev–Trinajstić information content (AvgIpc) is 3.33. The Kier molecular flexibility index (Phi) is 6.43. The lowest BCUT2D eigenvalue weighted by Crippen LogP contribution is -2.23. The Hall–Kier alpha value is -3.69. The molecule has 0 spiro atoms. The van der Waals surface area contributed by atoms with Gasteiger partial charge in [0.25, 0.3) is 5.89 Å². The van der Waals surface area contributed by atoms with Gasteiger partial charge >= 0.3 is 0 Å². The Morgan fingerprint density at radius 1 is 0.939 bits per heavy atom. The van der Waals surface area contributed by atoms with Crippen LogP contribution in [-0.4, -0.2) is 32.8 Å². The third-order valence-electron chi connectivity index (χ3n) is 5.07. The number of hydrogen-bond acceptors (Lipinski definition) is 7. The third-order valence-corrected chi connectivity index (χ3v) is 6.47. The number of aromatic nitrogens is 2. The summed E-state index contributed by atoms with van der Waals surface area (Å²) in [4.78, 5) is 4.50. The van der Waals surface area contributed by atoms with Crippen LogP contribution in [0.15, 0.2) is 76.1 Å². The molecule has 0 aliphatic heterocycles. The van der Waals surface area contributed by atoms with E-state index in [0.29, 0.717) is 28.5 Å². The van der Waals surface area contributed by atoms with Crippen LogP contribution in [0.1, 0.15) is 11.1 Å². The van der Waals surface area contributed by atoms with Crippen molar-refractivity contribution >= 4 is 10.0 Å². The topological polar surface area (TPSA) is 104 Å². The molecule has 0 fully saturated rings. The maximum atomic E-state index is 13.0. The number of sulfonamides is 1. The molecule has 0 amide bonds. The van der Waals surface area contributed by atoms with Crippen molar-refractivity contribution in [3.05, 3.63) is 77.9 Å². The summed E-state index contributed by atoms with van der Waals surface area (Å²) >= 11 is 0. The molecule has 4 rings (SSSR count). The van der Waals surface area contributed by atoms with Gasteiger partial charge in [-0.15, -0.1) is 0 Å². The molecule has 33 heavy (non-hydrogen) atoms. The van der Waals surface area contributed by atoms with E-state index < -0.39 is 10.0 Å². The molecule has 0 bridgehead atoms. The Balaban J connectivity index is 1.56. The SMILES string of the molecule is COc1ccc(OC)c(CNS(=O)(=O)c2cccc(-c3nc(-c4ccc(C)cc4)no3)c2)c1. The predicted octanol–water partition coefficient (Wildman–Crippen LogP) is 4.21. The first-order chi connectivity index (χ1) is 15.9. The molecular formula is C24H23N3O5S. The van der Waals surface area contributed by atoms with Crippen LogP contribution < -0.4 is 14.2 Å². The van der Waals surface area contributed by atoms with Crippen LogP contribution in [-0.2, 0) is 16.6 Å². The van der Waals surface area contributed by atoms with E-state index in [2.05, 4.69) is 14.9 Å². The van der Waals surface area contributed by atoms with Crippen molar-refractivity contribution in [1.82, 2.24) is 14.9 Å². The summed E-state index contributed by atoms with van der Waals surface area (Å²) in [6, 6.07) is 19.3. The fourth-order valence-electron chi connectivity index (χ4n) is 3.23. The molecule has 1 heterocycles. The molecule has 0 saturated carbocycles. The highest BCUT2D eigenvalue weighted by Crippen LogP contribution is 2.26. The van der Waals surface area contributed by atoms with Gasteiger partial charge in [0.15, 0.2) is 0 Å². The number of nitrogens with one attached hydrogen (secondary N) is 1. The maximum Gasteiger partial charge on any atom is 0.258 e. The molecule has 0 aliphatic rings. The fraction of sp³-hybridized carbons (Fsp3) is 0.167. The van der Waals surface area contributed by atoms with Crippen molar-refractivity contribution in [3.63, 3.8) is 0 Å². The molecule has 0 radical (unpaired) electrons. The third kappa shape index (κ3) is 5.05. The van der Waals surface area contributed by atoms with E-state index in [0.717, 1.165) is 11.1 Å². The molecule has 1 aromatic heterocycles. The highest BCUT2D eigenvalue weighted by Gasteiger charge is 2.18. The number of aryl methyl sites for hydroxylation is 1. The van der Waals surface area contributed by atoms with Crippen LogP contribution in [0, 0.1) is 6.92 Å². The number of methoxy groups -OCH3 is 2. The summed E-state index contributed by atoms with van der Waals surface area (Å²) in [5.41, 5.74) is 3.09. The molecule has 0 saturated heterocycles. The van der Waals surface area contributed by atoms with E-state index >= 15 is 0 Å². The van der Waals surface area contributed by atoms with Crippen molar-refractivity contribution in [1.29, 1.82) is 0 Å². The zero-order valence-electron chi connectivity index (χ0n) is 18.4. The number of hydrogen-bond donors (Lipinski definition) is 1. The van der Waals surface area contributed by atoms with E-state index in [1.165, 1.54) is 19.2 Å². The van der Waals surface area contributed by atoms with Gasteiger partial charge in [0.1, 0.15) is 11.5 Å². The maximum absolute atomic E-state index is 13.0. The average molecular weight is 466 g/mol. The van der Waals surface area contributed by atoms with Gasteiger partial charge in [-0.25, -0.2) is 13.1 Å². The highest BCUT2D eigenvalue weighted by atomic mass is 32.2. The molecule has 170 valence electrons. The summed E-state index contributed by atoms with van der Waals surface area (Å²) in [5, 5.41) is 4.02. The summed E-state index contributed by atoms with van der Waals surface area (Å²) < 4.78 is 44.4. The second kappa shape index (κ2) is 9.43. The van der Waals surface area contributed by atoms with E-state index in [9.17, 15) is 8.42 Å². The fourth-order valence-corrected chi connectivity index (χ4v) is 4.29. The first kappa shape index (κ1) is 22.5. The molecule has 8 nitrogen and oxygen atoms in total. The highest BCUT2D eigenvalue weighted by molar-refractivity contribution is 7.89. The van der Waals surface area contributed by atoms with Crippen molar-refractivity contribution in [2.24, 2.45) is 0 Å². The van der Waals surface area contributed by atoms with Crippen LogP contribution in [0.3, 0.4) is 0 Å². The van der Waals surface area contributed by atoms with Crippen LogP contribution in [0.25, 0.3) is 22.8 Å². The predicted molar refractivity (Wildman–Crippen MR) is 123 cm³/mol. The Morgan fingerprint density at radius 2 is 1.73 bits per heavy atom. The molecular weight excluding hydrogens is 442 g/mol. The van der Waals surface area contributed by atoms with Gasteiger partial charge in [-0.1, -0.05) is 41.1 Å². The normalized spacial score (nSPS) is 11.4. The molecule has 1 N–H and O–H groups in total. The number of ether oxygens (including phenoxy) is 2. The van der Waals surface area contributed by atoms with Crippen molar-refractivity contribution in [2.75, 3.05) is 14.2 Å². The lowest BCUT2D eigenvalue weighted by molar-refractivity contribution is 0.398. The molecule has 0 atom stereocenters. The summed E-state index contributed by atoms with van der Waals surface area (Å²) in [7, 11) is -0.749. The lowest BCUT2D eigenvalue weighted by Gasteiger charge is -2.12. The zero-order valence-corrected chi connectivity index (χ0v) is 19.2. The van der Waals surface area contributed by atoms with E-state index in [4.69, 9.17) is 14.0 Å². The molecule has 0 unspecified atom stereocenters. The quantitative estimate of drug-likeness (QED) is 0.416. The number of benzene rings is 3. The van der Waals surface area contributed by atoms with Gasteiger partial charge in [-0.2, -0.15) is 4.98 Å². The minimum atomic E-state index is -3.82. The van der Waals surface area contributed by atoms with E-state index in [1.54, 1.807) is 37.4 Å². The molecule has 0 aliphatic carbocycles. The van der Waals surface area contributed by atoms with Crippen molar-refractivity contribution in [2.45, 2.75) is 18.4 Å². The van der Waals surface area contributed by atoms with Crippen LogP contribution in [0.4, 0.5) is 0 Å².